The van der Waals surface area contributed by atoms with Crippen molar-refractivity contribution in [1.82, 2.24) is 20.1 Å². The SMILES string of the molecule is O=C(COc1ccc(Cl)cc1)NCc1nnc(SCC(=O)Nc2ccc(F)cc2)n1-c1ccc(F)cc1. The van der Waals surface area contributed by atoms with Crippen LogP contribution in [0.5, 0.6) is 5.75 Å². The number of nitrogens with one attached hydrogen (secondary N) is 2. The molecule has 1 heterocycles. The van der Waals surface area contributed by atoms with Crippen molar-refractivity contribution < 1.29 is 23.1 Å². The van der Waals surface area contributed by atoms with Gasteiger partial charge in [-0.05, 0) is 72.8 Å². The van der Waals surface area contributed by atoms with E-state index < -0.39 is 17.5 Å². The molecule has 8 nitrogen and oxygen atoms in total. The number of hydrogen-bond donors (Lipinski definition) is 2. The number of thioether (sulfide) groups is 1. The van der Waals surface area contributed by atoms with E-state index in [1.54, 1.807) is 28.8 Å². The molecule has 2 amide bonds. The quantitative estimate of drug-likeness (QED) is 0.283. The van der Waals surface area contributed by atoms with Crippen LogP contribution >= 0.6 is 23.4 Å². The number of ether oxygens (including phenoxy) is 1. The molecule has 0 unspecified atom stereocenters. The van der Waals surface area contributed by atoms with Crippen molar-refractivity contribution in [2.24, 2.45) is 0 Å². The molecule has 0 fully saturated rings. The maximum Gasteiger partial charge on any atom is 0.258 e. The molecule has 0 aliphatic carbocycles. The van der Waals surface area contributed by atoms with E-state index in [-0.39, 0.29) is 24.8 Å². The zero-order chi connectivity index (χ0) is 26.2. The Kier molecular flexibility index (Phi) is 8.70. The fourth-order valence-corrected chi connectivity index (χ4v) is 4.02. The topological polar surface area (TPSA) is 98.1 Å². The maximum absolute atomic E-state index is 13.5. The molecule has 0 radical (unpaired) electrons. The molecule has 37 heavy (non-hydrogen) atoms. The Bertz CT molecular complexity index is 1370. The Balaban J connectivity index is 1.41. The van der Waals surface area contributed by atoms with Gasteiger partial charge in [-0.3, -0.25) is 14.2 Å². The molecular weight excluding hydrogens is 524 g/mol. The lowest BCUT2D eigenvalue weighted by atomic mass is 10.3. The van der Waals surface area contributed by atoms with Crippen molar-refractivity contribution in [2.75, 3.05) is 17.7 Å². The number of carbonyl (C=O) groups excluding carboxylic acids is 2. The molecule has 12 heteroatoms. The third-order valence-electron chi connectivity index (χ3n) is 4.87. The van der Waals surface area contributed by atoms with Crippen molar-refractivity contribution in [2.45, 2.75) is 11.7 Å². The standard InChI is InChI=1S/C25H20ClF2N5O3S/c26-16-1-11-21(12-2-16)36-14-23(34)29-13-22-31-32-25(33(22)20-9-5-18(28)6-10-20)37-15-24(35)30-19-7-3-17(27)4-8-19/h1-12H,13-15H2,(H,29,34)(H,30,35). The second kappa shape index (κ2) is 12.3. The van der Waals surface area contributed by atoms with Gasteiger partial charge in [0.2, 0.25) is 5.91 Å². The summed E-state index contributed by atoms with van der Waals surface area (Å²) < 4.78 is 33.7. The molecule has 0 spiro atoms. The molecule has 4 rings (SSSR count). The molecule has 0 saturated carbocycles. The van der Waals surface area contributed by atoms with Crippen molar-refractivity contribution in [3.63, 3.8) is 0 Å². The van der Waals surface area contributed by atoms with E-state index in [9.17, 15) is 18.4 Å². The van der Waals surface area contributed by atoms with E-state index in [0.717, 1.165) is 11.8 Å². The summed E-state index contributed by atoms with van der Waals surface area (Å²) in [6.07, 6.45) is 0. The number of benzene rings is 3. The van der Waals surface area contributed by atoms with Gasteiger partial charge in [-0.1, -0.05) is 23.4 Å². The molecule has 1 aromatic heterocycles. The van der Waals surface area contributed by atoms with Gasteiger partial charge in [0.25, 0.3) is 5.91 Å². The molecule has 3 aromatic carbocycles. The first-order valence-corrected chi connectivity index (χ1v) is 12.3. The summed E-state index contributed by atoms with van der Waals surface area (Å²) in [6.45, 7) is -0.215. The molecule has 4 aromatic rings. The van der Waals surface area contributed by atoms with E-state index in [4.69, 9.17) is 16.3 Å². The Morgan fingerprint density at radius 1 is 0.892 bits per heavy atom. The molecule has 0 bridgehead atoms. The zero-order valence-corrected chi connectivity index (χ0v) is 20.7. The first kappa shape index (κ1) is 26.1. The predicted octanol–water partition coefficient (Wildman–Crippen LogP) is 4.62. The largest absolute Gasteiger partial charge is 0.484 e. The first-order valence-electron chi connectivity index (χ1n) is 10.9. The lowest BCUT2D eigenvalue weighted by Gasteiger charge is -2.11. The van der Waals surface area contributed by atoms with Gasteiger partial charge in [-0.25, -0.2) is 8.78 Å². The molecule has 0 saturated heterocycles. The van der Waals surface area contributed by atoms with Gasteiger partial charge in [0, 0.05) is 16.4 Å². The minimum absolute atomic E-state index is 0.00945. The smallest absolute Gasteiger partial charge is 0.258 e. The first-order chi connectivity index (χ1) is 17.9. The van der Waals surface area contributed by atoms with Crippen LogP contribution in [0.15, 0.2) is 78.0 Å². The highest BCUT2D eigenvalue weighted by Crippen LogP contribution is 2.23. The number of anilines is 1. The van der Waals surface area contributed by atoms with Crippen LogP contribution in [0.2, 0.25) is 5.02 Å². The number of nitrogens with zero attached hydrogens (tertiary/aromatic N) is 3. The van der Waals surface area contributed by atoms with Gasteiger partial charge < -0.3 is 15.4 Å². The van der Waals surface area contributed by atoms with Crippen LogP contribution in [0.4, 0.5) is 14.5 Å². The lowest BCUT2D eigenvalue weighted by Crippen LogP contribution is -2.29. The van der Waals surface area contributed by atoms with Crippen LogP contribution in [-0.4, -0.2) is 38.9 Å². The van der Waals surface area contributed by atoms with Gasteiger partial charge in [-0.15, -0.1) is 10.2 Å². The summed E-state index contributed by atoms with van der Waals surface area (Å²) in [4.78, 5) is 24.7. The fourth-order valence-electron chi connectivity index (χ4n) is 3.13. The average molecular weight is 544 g/mol. The molecule has 0 atom stereocenters. The summed E-state index contributed by atoms with van der Waals surface area (Å²) in [5.74, 6) is -0.705. The van der Waals surface area contributed by atoms with Crippen LogP contribution in [0, 0.1) is 11.6 Å². The Morgan fingerprint density at radius 2 is 1.54 bits per heavy atom. The fraction of sp³-hybridized carbons (Fsp3) is 0.120. The maximum atomic E-state index is 13.5. The summed E-state index contributed by atoms with van der Waals surface area (Å²) in [5, 5.41) is 14.6. The number of hydrogen-bond acceptors (Lipinski definition) is 6. The number of amides is 2. The van der Waals surface area contributed by atoms with E-state index in [1.165, 1.54) is 48.5 Å². The summed E-state index contributed by atoms with van der Waals surface area (Å²) in [7, 11) is 0. The van der Waals surface area contributed by atoms with Crippen LogP contribution in [-0.2, 0) is 16.1 Å². The Hall–Kier alpha value is -3.96. The van der Waals surface area contributed by atoms with Gasteiger partial charge in [0.05, 0.1) is 12.3 Å². The normalized spacial score (nSPS) is 10.7. The monoisotopic (exact) mass is 543 g/mol. The molecular formula is C25H20ClF2N5O3S. The third kappa shape index (κ3) is 7.51. The van der Waals surface area contributed by atoms with Crippen LogP contribution in [0.1, 0.15) is 5.82 Å². The highest BCUT2D eigenvalue weighted by molar-refractivity contribution is 7.99. The van der Waals surface area contributed by atoms with Gasteiger partial charge >= 0.3 is 0 Å². The van der Waals surface area contributed by atoms with Crippen molar-refractivity contribution in [3.05, 3.63) is 95.3 Å². The highest BCUT2D eigenvalue weighted by Gasteiger charge is 2.17. The second-order valence-electron chi connectivity index (χ2n) is 7.57. The minimum atomic E-state index is -0.418. The van der Waals surface area contributed by atoms with Crippen molar-refractivity contribution >= 4 is 40.9 Å². The van der Waals surface area contributed by atoms with E-state index in [0.29, 0.717) is 33.1 Å². The summed E-state index contributed by atoms with van der Waals surface area (Å²) in [5.41, 5.74) is 1.01. The molecule has 0 aliphatic heterocycles. The predicted molar refractivity (Wildman–Crippen MR) is 136 cm³/mol. The van der Waals surface area contributed by atoms with Crippen molar-refractivity contribution in [1.29, 1.82) is 0 Å². The van der Waals surface area contributed by atoms with Crippen LogP contribution < -0.4 is 15.4 Å². The third-order valence-corrected chi connectivity index (χ3v) is 6.05. The Labute approximate surface area is 220 Å². The lowest BCUT2D eigenvalue weighted by molar-refractivity contribution is -0.123. The molecule has 0 aliphatic rings. The number of carbonyl (C=O) groups is 2. The minimum Gasteiger partial charge on any atom is -0.484 e. The van der Waals surface area contributed by atoms with Crippen LogP contribution in [0.3, 0.4) is 0 Å². The van der Waals surface area contributed by atoms with Crippen LogP contribution in [0.25, 0.3) is 5.69 Å². The molecule has 190 valence electrons. The van der Waals surface area contributed by atoms with Gasteiger partial charge in [0.1, 0.15) is 17.4 Å². The molecule has 2 N–H and O–H groups in total. The highest BCUT2D eigenvalue weighted by atomic mass is 35.5. The summed E-state index contributed by atoms with van der Waals surface area (Å²) in [6, 6.07) is 17.6. The van der Waals surface area contributed by atoms with Crippen molar-refractivity contribution in [3.8, 4) is 11.4 Å². The van der Waals surface area contributed by atoms with E-state index in [2.05, 4.69) is 20.8 Å². The zero-order valence-electron chi connectivity index (χ0n) is 19.2. The van der Waals surface area contributed by atoms with Gasteiger partial charge in [-0.2, -0.15) is 0 Å². The second-order valence-corrected chi connectivity index (χ2v) is 8.95. The summed E-state index contributed by atoms with van der Waals surface area (Å²) >= 11 is 6.94. The number of rotatable bonds is 10. The van der Waals surface area contributed by atoms with E-state index >= 15 is 0 Å². The average Bonchev–Trinajstić information content (AvgIpc) is 3.30. The number of aromatic nitrogens is 3. The Morgan fingerprint density at radius 3 is 2.22 bits per heavy atom. The van der Waals surface area contributed by atoms with E-state index in [1.807, 2.05) is 0 Å². The van der Waals surface area contributed by atoms with Gasteiger partial charge in [0.15, 0.2) is 17.6 Å². The number of halogens is 3.